The highest BCUT2D eigenvalue weighted by Crippen LogP contribution is 2.06. The summed E-state index contributed by atoms with van der Waals surface area (Å²) < 4.78 is 0. The molecule has 54 valence electrons. The molecule has 2 unspecified atom stereocenters. The molecular formula is C6H13NO2. The molecule has 0 rings (SSSR count). The molecular weight excluding hydrogens is 118 g/mol. The average Bonchev–Trinajstić information content (AvgIpc) is 1.64. The number of rotatable bonds is 3. The van der Waals surface area contributed by atoms with Crippen LogP contribution in [0.4, 0.5) is 0 Å². The Morgan fingerprint density at radius 3 is 2.22 bits per heavy atom. The van der Waals surface area contributed by atoms with Crippen LogP contribution in [0, 0.1) is 5.92 Å². The molecule has 3 heteroatoms. The maximum atomic E-state index is 10.4. The summed E-state index contributed by atoms with van der Waals surface area (Å²) in [6, 6.07) is 0. The summed E-state index contributed by atoms with van der Waals surface area (Å²) in [5.41, 5.74) is 4.95. The lowest BCUT2D eigenvalue weighted by atomic mass is 10.0. The van der Waals surface area contributed by atoms with Crippen LogP contribution in [0.1, 0.15) is 20.3 Å². The second-order valence-electron chi connectivity index (χ2n) is 2.16. The van der Waals surface area contributed by atoms with E-state index < -0.39 is 12.0 Å². The van der Waals surface area contributed by atoms with Crippen LogP contribution < -0.4 is 5.73 Å². The molecule has 0 aliphatic rings. The molecule has 0 aromatic heterocycles. The maximum absolute atomic E-state index is 10.4. The van der Waals surface area contributed by atoms with Crippen LogP contribution in [0.25, 0.3) is 0 Å². The van der Waals surface area contributed by atoms with Gasteiger partial charge < -0.3 is 10.8 Å². The van der Waals surface area contributed by atoms with Gasteiger partial charge in [0.05, 0.1) is 12.0 Å². The van der Waals surface area contributed by atoms with Crippen molar-refractivity contribution in [2.24, 2.45) is 11.7 Å². The summed E-state index contributed by atoms with van der Waals surface area (Å²) in [5, 5.41) is 8.88. The van der Waals surface area contributed by atoms with E-state index in [-0.39, 0.29) is 5.92 Å². The normalized spacial score (nSPS) is 16.8. The molecule has 1 amide bonds. The highest BCUT2D eigenvalue weighted by Gasteiger charge is 2.17. The number of primary amides is 1. The van der Waals surface area contributed by atoms with E-state index in [2.05, 4.69) is 0 Å². The minimum Gasteiger partial charge on any atom is -0.393 e. The summed E-state index contributed by atoms with van der Waals surface area (Å²) in [6.45, 7) is 3.39. The first-order chi connectivity index (χ1) is 4.09. The third-order valence-electron chi connectivity index (χ3n) is 1.39. The van der Waals surface area contributed by atoms with Crippen molar-refractivity contribution in [3.8, 4) is 0 Å². The van der Waals surface area contributed by atoms with Gasteiger partial charge in [-0.1, -0.05) is 6.92 Å². The first-order valence-electron chi connectivity index (χ1n) is 3.07. The molecule has 9 heavy (non-hydrogen) atoms. The number of carbonyl (C=O) groups is 1. The second kappa shape index (κ2) is 3.45. The quantitative estimate of drug-likeness (QED) is 0.560. The van der Waals surface area contributed by atoms with Crippen molar-refractivity contribution in [1.82, 2.24) is 0 Å². The summed E-state index contributed by atoms with van der Waals surface area (Å²) in [5.74, 6) is -0.808. The van der Waals surface area contributed by atoms with Gasteiger partial charge in [-0.05, 0) is 13.3 Å². The molecule has 0 spiro atoms. The predicted octanol–water partition coefficient (Wildman–Crippen LogP) is -0.121. The topological polar surface area (TPSA) is 63.3 Å². The number of aliphatic hydroxyl groups is 1. The SMILES string of the molecule is CCC(C(N)=O)C(C)O. The first-order valence-corrected chi connectivity index (χ1v) is 3.07. The molecule has 3 N–H and O–H groups in total. The lowest BCUT2D eigenvalue weighted by molar-refractivity contribution is -0.124. The largest absolute Gasteiger partial charge is 0.393 e. The Morgan fingerprint density at radius 2 is 2.22 bits per heavy atom. The van der Waals surface area contributed by atoms with Crippen LogP contribution in [-0.4, -0.2) is 17.1 Å². The van der Waals surface area contributed by atoms with E-state index in [1.165, 1.54) is 0 Å². The Balaban J connectivity index is 3.83. The van der Waals surface area contributed by atoms with Crippen molar-refractivity contribution in [3.05, 3.63) is 0 Å². The molecule has 0 aromatic carbocycles. The summed E-state index contributed by atoms with van der Waals surface area (Å²) >= 11 is 0. The third-order valence-corrected chi connectivity index (χ3v) is 1.39. The Kier molecular flexibility index (Phi) is 3.24. The van der Waals surface area contributed by atoms with Gasteiger partial charge in [0.25, 0.3) is 0 Å². The van der Waals surface area contributed by atoms with E-state index in [1.54, 1.807) is 6.92 Å². The number of amides is 1. The van der Waals surface area contributed by atoms with E-state index in [9.17, 15) is 4.79 Å². The Hall–Kier alpha value is -0.570. The Bertz CT molecular complexity index is 101. The van der Waals surface area contributed by atoms with E-state index in [0.29, 0.717) is 6.42 Å². The minimum absolute atomic E-state index is 0.384. The molecule has 0 radical (unpaired) electrons. The minimum atomic E-state index is -0.618. The van der Waals surface area contributed by atoms with Crippen LogP contribution in [0.5, 0.6) is 0 Å². The number of nitrogens with two attached hydrogens (primary N) is 1. The molecule has 0 heterocycles. The van der Waals surface area contributed by atoms with E-state index in [0.717, 1.165) is 0 Å². The highest BCUT2D eigenvalue weighted by molar-refractivity contribution is 5.77. The summed E-state index contributed by atoms with van der Waals surface area (Å²) in [6.07, 6.45) is -0.0139. The van der Waals surface area contributed by atoms with Gasteiger partial charge >= 0.3 is 0 Å². The Morgan fingerprint density at radius 1 is 1.78 bits per heavy atom. The fourth-order valence-electron chi connectivity index (χ4n) is 0.780. The predicted molar refractivity (Wildman–Crippen MR) is 34.7 cm³/mol. The van der Waals surface area contributed by atoms with Crippen molar-refractivity contribution in [1.29, 1.82) is 0 Å². The fraction of sp³-hybridized carbons (Fsp3) is 0.833. The molecule has 0 aliphatic carbocycles. The van der Waals surface area contributed by atoms with Gasteiger partial charge in [0.15, 0.2) is 0 Å². The van der Waals surface area contributed by atoms with Crippen LogP contribution in [0.3, 0.4) is 0 Å². The maximum Gasteiger partial charge on any atom is 0.223 e. The molecule has 0 bridgehead atoms. The van der Waals surface area contributed by atoms with Crippen molar-refractivity contribution < 1.29 is 9.90 Å². The molecule has 0 aromatic rings. The summed E-state index contributed by atoms with van der Waals surface area (Å²) in [4.78, 5) is 10.4. The Labute approximate surface area is 54.9 Å². The van der Waals surface area contributed by atoms with E-state index >= 15 is 0 Å². The van der Waals surface area contributed by atoms with Crippen LogP contribution >= 0.6 is 0 Å². The second-order valence-corrected chi connectivity index (χ2v) is 2.16. The molecule has 0 aliphatic heterocycles. The number of carbonyl (C=O) groups excluding carboxylic acids is 1. The van der Waals surface area contributed by atoms with Crippen molar-refractivity contribution in [3.63, 3.8) is 0 Å². The third kappa shape index (κ3) is 2.46. The number of hydrogen-bond donors (Lipinski definition) is 2. The van der Waals surface area contributed by atoms with Gasteiger partial charge in [-0.25, -0.2) is 0 Å². The van der Waals surface area contributed by atoms with Crippen molar-refractivity contribution >= 4 is 5.91 Å². The van der Waals surface area contributed by atoms with Crippen molar-refractivity contribution in [2.75, 3.05) is 0 Å². The highest BCUT2D eigenvalue weighted by atomic mass is 16.3. The standard InChI is InChI=1S/C6H13NO2/c1-3-5(4(2)8)6(7)9/h4-5,8H,3H2,1-2H3,(H2,7,9). The molecule has 2 atom stereocenters. The smallest absolute Gasteiger partial charge is 0.223 e. The first kappa shape index (κ1) is 8.43. The summed E-state index contributed by atoms with van der Waals surface area (Å²) in [7, 11) is 0. The zero-order chi connectivity index (χ0) is 7.44. The zero-order valence-corrected chi connectivity index (χ0v) is 5.79. The van der Waals surface area contributed by atoms with E-state index in [4.69, 9.17) is 10.8 Å². The van der Waals surface area contributed by atoms with Gasteiger partial charge in [0.2, 0.25) is 5.91 Å². The van der Waals surface area contributed by atoms with Gasteiger partial charge in [-0.2, -0.15) is 0 Å². The fourth-order valence-corrected chi connectivity index (χ4v) is 0.780. The van der Waals surface area contributed by atoms with Crippen LogP contribution in [0.15, 0.2) is 0 Å². The monoisotopic (exact) mass is 131 g/mol. The lowest BCUT2D eigenvalue weighted by Gasteiger charge is -2.12. The molecule has 0 fully saturated rings. The number of aliphatic hydroxyl groups excluding tert-OH is 1. The van der Waals surface area contributed by atoms with E-state index in [1.807, 2.05) is 6.92 Å². The average molecular weight is 131 g/mol. The van der Waals surface area contributed by atoms with Gasteiger partial charge in [-0.3, -0.25) is 4.79 Å². The zero-order valence-electron chi connectivity index (χ0n) is 5.79. The molecule has 0 saturated carbocycles. The van der Waals surface area contributed by atoms with Gasteiger partial charge in [0.1, 0.15) is 0 Å². The van der Waals surface area contributed by atoms with Gasteiger partial charge in [-0.15, -0.1) is 0 Å². The lowest BCUT2D eigenvalue weighted by Crippen LogP contribution is -2.31. The van der Waals surface area contributed by atoms with Crippen molar-refractivity contribution in [2.45, 2.75) is 26.4 Å². The molecule has 3 nitrogen and oxygen atoms in total. The van der Waals surface area contributed by atoms with Crippen LogP contribution in [-0.2, 0) is 4.79 Å². The van der Waals surface area contributed by atoms with Gasteiger partial charge in [0, 0.05) is 0 Å². The van der Waals surface area contributed by atoms with Crippen LogP contribution in [0.2, 0.25) is 0 Å². The molecule has 0 saturated heterocycles. The number of hydrogen-bond acceptors (Lipinski definition) is 2.